The second kappa shape index (κ2) is 46.8. The highest BCUT2D eigenvalue weighted by molar-refractivity contribution is 5.71. The lowest BCUT2D eigenvalue weighted by molar-refractivity contribution is -0.167. The van der Waals surface area contributed by atoms with Crippen molar-refractivity contribution in [3.05, 3.63) is 12.2 Å². The molecule has 0 aromatic carbocycles. The summed E-state index contributed by atoms with van der Waals surface area (Å²) in [5.74, 6) is -0.866. The molecule has 1 atom stereocenters. The Kier molecular flexibility index (Phi) is 45.3. The number of unbranched alkanes of at least 4 members (excludes halogenated alkanes) is 33. The maximum Gasteiger partial charge on any atom is 0.306 e. The first kappa shape index (κ1) is 55.2. The second-order valence-electron chi connectivity index (χ2n) is 17.1. The molecule has 0 N–H and O–H groups in total. The van der Waals surface area contributed by atoms with E-state index in [1.807, 2.05) is 0 Å². The summed E-state index contributed by atoms with van der Waals surface area (Å²) >= 11 is 0. The van der Waals surface area contributed by atoms with Gasteiger partial charge < -0.3 is 14.2 Å². The Morgan fingerprint density at radius 1 is 0.333 bits per heavy atom. The average Bonchev–Trinajstić information content (AvgIpc) is 3.21. The minimum Gasteiger partial charge on any atom is -0.462 e. The van der Waals surface area contributed by atoms with E-state index in [-0.39, 0.29) is 31.1 Å². The number of esters is 3. The predicted molar refractivity (Wildman–Crippen MR) is 243 cm³/mol. The van der Waals surface area contributed by atoms with E-state index in [4.69, 9.17) is 14.2 Å². The molecule has 0 saturated heterocycles. The van der Waals surface area contributed by atoms with Gasteiger partial charge in [-0.15, -0.1) is 0 Å². The van der Waals surface area contributed by atoms with Crippen LogP contribution in [0.2, 0.25) is 0 Å². The van der Waals surface area contributed by atoms with Crippen molar-refractivity contribution < 1.29 is 28.6 Å². The summed E-state index contributed by atoms with van der Waals surface area (Å²) < 4.78 is 16.7. The van der Waals surface area contributed by atoms with Crippen molar-refractivity contribution >= 4 is 17.9 Å². The first-order valence-corrected chi connectivity index (χ1v) is 25.2. The highest BCUT2D eigenvalue weighted by Crippen LogP contribution is 2.16. The number of hydrogen-bond donors (Lipinski definition) is 0. The number of carbonyl (C=O) groups excluding carboxylic acids is 3. The minimum atomic E-state index is -0.766. The van der Waals surface area contributed by atoms with Gasteiger partial charge in [0.1, 0.15) is 13.2 Å². The van der Waals surface area contributed by atoms with Crippen molar-refractivity contribution in [1.82, 2.24) is 0 Å². The van der Waals surface area contributed by atoms with Crippen molar-refractivity contribution in [3.8, 4) is 0 Å². The maximum atomic E-state index is 12.7. The molecule has 0 aromatic heterocycles. The lowest BCUT2D eigenvalue weighted by Gasteiger charge is -2.18. The molecule has 57 heavy (non-hydrogen) atoms. The van der Waals surface area contributed by atoms with E-state index in [1.54, 1.807) is 0 Å². The minimum absolute atomic E-state index is 0.0685. The van der Waals surface area contributed by atoms with Gasteiger partial charge in [-0.05, 0) is 38.5 Å². The first-order chi connectivity index (χ1) is 28.0. The van der Waals surface area contributed by atoms with Crippen LogP contribution in [-0.4, -0.2) is 37.2 Å². The van der Waals surface area contributed by atoms with Crippen molar-refractivity contribution in [2.24, 2.45) is 0 Å². The van der Waals surface area contributed by atoms with Crippen LogP contribution >= 0.6 is 0 Å². The topological polar surface area (TPSA) is 78.9 Å². The molecule has 6 heteroatoms. The molecular weight excluding hydrogens is 709 g/mol. The Balaban J connectivity index is 4.24. The van der Waals surface area contributed by atoms with Crippen LogP contribution in [0.4, 0.5) is 0 Å². The summed E-state index contributed by atoms with van der Waals surface area (Å²) in [7, 11) is 0. The number of carbonyl (C=O) groups is 3. The Hall–Kier alpha value is -1.85. The molecule has 0 unspecified atom stereocenters. The third kappa shape index (κ3) is 45.1. The Bertz CT molecular complexity index is 885. The van der Waals surface area contributed by atoms with Crippen LogP contribution < -0.4 is 0 Å². The summed E-state index contributed by atoms with van der Waals surface area (Å²) in [6, 6.07) is 0. The number of rotatable bonds is 46. The summed E-state index contributed by atoms with van der Waals surface area (Å²) in [4.78, 5) is 37.8. The van der Waals surface area contributed by atoms with Crippen LogP contribution in [0.15, 0.2) is 12.2 Å². The van der Waals surface area contributed by atoms with Gasteiger partial charge in [0, 0.05) is 19.3 Å². The van der Waals surface area contributed by atoms with Gasteiger partial charge in [0.25, 0.3) is 0 Å². The van der Waals surface area contributed by atoms with Crippen LogP contribution in [0.1, 0.15) is 278 Å². The molecule has 0 aliphatic carbocycles. The van der Waals surface area contributed by atoms with Crippen LogP contribution in [0.3, 0.4) is 0 Å². The largest absolute Gasteiger partial charge is 0.462 e. The Labute approximate surface area is 354 Å². The van der Waals surface area contributed by atoms with Gasteiger partial charge in [-0.25, -0.2) is 0 Å². The zero-order valence-corrected chi connectivity index (χ0v) is 38.4. The van der Waals surface area contributed by atoms with Gasteiger partial charge in [-0.3, -0.25) is 14.4 Å². The van der Waals surface area contributed by atoms with E-state index in [0.717, 1.165) is 64.2 Å². The second-order valence-corrected chi connectivity index (χ2v) is 17.1. The predicted octanol–water partition coefficient (Wildman–Crippen LogP) is 16.2. The van der Waals surface area contributed by atoms with Gasteiger partial charge in [-0.2, -0.15) is 0 Å². The Morgan fingerprint density at radius 2 is 0.596 bits per heavy atom. The zero-order valence-electron chi connectivity index (χ0n) is 38.4. The van der Waals surface area contributed by atoms with E-state index < -0.39 is 6.10 Å². The summed E-state index contributed by atoms with van der Waals surface area (Å²) in [6.45, 7) is 6.61. The molecule has 0 aromatic rings. The lowest BCUT2D eigenvalue weighted by Crippen LogP contribution is -2.30. The fraction of sp³-hybridized carbons (Fsp3) is 0.902. The molecule has 336 valence electrons. The highest BCUT2D eigenvalue weighted by Gasteiger charge is 2.19. The molecule has 0 aliphatic rings. The molecule has 6 nitrogen and oxygen atoms in total. The van der Waals surface area contributed by atoms with E-state index in [2.05, 4.69) is 32.9 Å². The summed E-state index contributed by atoms with van der Waals surface area (Å²) in [5, 5.41) is 0. The molecule has 0 aliphatic heterocycles. The van der Waals surface area contributed by atoms with Crippen molar-refractivity contribution in [2.45, 2.75) is 284 Å². The first-order valence-electron chi connectivity index (χ1n) is 25.2. The van der Waals surface area contributed by atoms with Crippen LogP contribution in [0.25, 0.3) is 0 Å². The average molecular weight is 805 g/mol. The van der Waals surface area contributed by atoms with E-state index in [0.29, 0.717) is 19.3 Å². The third-order valence-electron chi connectivity index (χ3n) is 11.3. The number of hydrogen-bond acceptors (Lipinski definition) is 6. The molecule has 0 radical (unpaired) electrons. The molecule has 0 heterocycles. The summed E-state index contributed by atoms with van der Waals surface area (Å²) in [5.41, 5.74) is 0. The van der Waals surface area contributed by atoms with Crippen LogP contribution in [0, 0.1) is 0 Å². The number of ether oxygens (including phenoxy) is 3. The fourth-order valence-electron chi connectivity index (χ4n) is 7.42. The van der Waals surface area contributed by atoms with E-state index >= 15 is 0 Å². The standard InChI is InChI=1S/C51H96O6/c1-4-7-10-13-16-19-22-23-24-25-26-27-28-30-32-35-38-41-44-50(53)56-47-48(46-55-49(52)43-40-37-34-31-21-18-15-12-9-6-3)57-51(54)45-42-39-36-33-29-20-17-14-11-8-5-2/h14,17,48H,4-13,15-16,18-47H2,1-3H3/b17-14-/t48-/m1/s1. The van der Waals surface area contributed by atoms with Gasteiger partial charge in [-0.1, -0.05) is 232 Å². The zero-order chi connectivity index (χ0) is 41.5. The van der Waals surface area contributed by atoms with Gasteiger partial charge >= 0.3 is 17.9 Å². The van der Waals surface area contributed by atoms with Crippen molar-refractivity contribution in [3.63, 3.8) is 0 Å². The Morgan fingerprint density at radius 3 is 0.930 bits per heavy atom. The van der Waals surface area contributed by atoms with Gasteiger partial charge in [0.2, 0.25) is 0 Å². The van der Waals surface area contributed by atoms with E-state index in [1.165, 1.54) is 173 Å². The van der Waals surface area contributed by atoms with Crippen molar-refractivity contribution in [2.75, 3.05) is 13.2 Å². The third-order valence-corrected chi connectivity index (χ3v) is 11.3. The normalized spacial score (nSPS) is 12.0. The monoisotopic (exact) mass is 805 g/mol. The molecule has 0 spiro atoms. The number of allylic oxidation sites excluding steroid dienone is 2. The molecule has 0 rings (SSSR count). The van der Waals surface area contributed by atoms with Gasteiger partial charge in [0.15, 0.2) is 6.10 Å². The smallest absolute Gasteiger partial charge is 0.306 e. The maximum absolute atomic E-state index is 12.7. The molecule has 0 amide bonds. The SMILES string of the molecule is CCCC/C=C\CCCCCCCC(=O)O[C@H](COC(=O)CCCCCCCCCCCC)COC(=O)CCCCCCCCCCCCCCCCCCCC. The quantitative estimate of drug-likeness (QED) is 0.0264. The van der Waals surface area contributed by atoms with Crippen LogP contribution in [0.5, 0.6) is 0 Å². The van der Waals surface area contributed by atoms with E-state index in [9.17, 15) is 14.4 Å². The van der Waals surface area contributed by atoms with Gasteiger partial charge in [0.05, 0.1) is 0 Å². The van der Waals surface area contributed by atoms with Crippen molar-refractivity contribution in [1.29, 1.82) is 0 Å². The highest BCUT2D eigenvalue weighted by atomic mass is 16.6. The lowest BCUT2D eigenvalue weighted by atomic mass is 10.0. The molecular formula is C51H96O6. The summed E-state index contributed by atoms with van der Waals surface area (Å²) in [6.07, 6.45) is 50.6. The van der Waals surface area contributed by atoms with Crippen LogP contribution in [-0.2, 0) is 28.6 Å². The molecule has 0 fully saturated rings. The molecule has 0 saturated carbocycles. The molecule has 0 bridgehead atoms. The fourth-order valence-corrected chi connectivity index (χ4v) is 7.42.